The normalized spacial score (nSPS) is 19.6. The number of nitrogens with zero attached hydrogens (tertiary/aromatic N) is 2. The van der Waals surface area contributed by atoms with Crippen LogP contribution >= 0.6 is 0 Å². The van der Waals surface area contributed by atoms with Gasteiger partial charge in [-0.25, -0.2) is 4.79 Å². The molecule has 106 valence electrons. The number of piperidine rings is 1. The Kier molecular flexibility index (Phi) is 6.47. The maximum absolute atomic E-state index is 11.8. The van der Waals surface area contributed by atoms with Gasteiger partial charge in [0, 0.05) is 25.7 Å². The highest BCUT2D eigenvalue weighted by Gasteiger charge is 2.20. The summed E-state index contributed by atoms with van der Waals surface area (Å²) in [5.74, 6) is 0.860. The average molecular weight is 255 g/mol. The molecular formula is C14H29N3O. The topological polar surface area (TPSA) is 35.6 Å². The van der Waals surface area contributed by atoms with E-state index in [0.717, 1.165) is 25.6 Å². The Hall–Kier alpha value is -0.770. The van der Waals surface area contributed by atoms with E-state index in [0.29, 0.717) is 6.04 Å². The van der Waals surface area contributed by atoms with Crippen molar-refractivity contribution in [1.82, 2.24) is 15.1 Å². The predicted molar refractivity (Wildman–Crippen MR) is 75.8 cm³/mol. The van der Waals surface area contributed by atoms with Crippen LogP contribution in [0.3, 0.4) is 0 Å². The van der Waals surface area contributed by atoms with Crippen LogP contribution in [0.5, 0.6) is 0 Å². The van der Waals surface area contributed by atoms with Gasteiger partial charge >= 0.3 is 6.03 Å². The Bertz CT molecular complexity index is 245. The number of hydrogen-bond donors (Lipinski definition) is 1. The van der Waals surface area contributed by atoms with Crippen molar-refractivity contribution in [3.8, 4) is 0 Å². The monoisotopic (exact) mass is 255 g/mol. The van der Waals surface area contributed by atoms with Crippen LogP contribution in [0.25, 0.3) is 0 Å². The summed E-state index contributed by atoms with van der Waals surface area (Å²) in [6.07, 6.45) is 2.57. The van der Waals surface area contributed by atoms with Gasteiger partial charge in [0.15, 0.2) is 0 Å². The zero-order chi connectivity index (χ0) is 13.5. The molecule has 1 fully saturated rings. The molecule has 1 unspecified atom stereocenters. The Morgan fingerprint density at radius 2 is 1.89 bits per heavy atom. The smallest absolute Gasteiger partial charge is 0.317 e. The summed E-state index contributed by atoms with van der Waals surface area (Å²) >= 11 is 0. The van der Waals surface area contributed by atoms with Crippen molar-refractivity contribution in [2.45, 2.75) is 46.6 Å². The highest BCUT2D eigenvalue weighted by Crippen LogP contribution is 2.17. The van der Waals surface area contributed by atoms with Gasteiger partial charge in [0.25, 0.3) is 0 Å². The third-order valence-corrected chi connectivity index (χ3v) is 4.04. The number of likely N-dealkylation sites (tertiary alicyclic amines) is 1. The molecule has 1 saturated heterocycles. The minimum atomic E-state index is 0.0669. The van der Waals surface area contributed by atoms with E-state index in [-0.39, 0.29) is 6.03 Å². The predicted octanol–water partition coefficient (Wildman–Crippen LogP) is 2.16. The van der Waals surface area contributed by atoms with E-state index in [9.17, 15) is 4.79 Å². The minimum absolute atomic E-state index is 0.0669. The third kappa shape index (κ3) is 4.48. The van der Waals surface area contributed by atoms with Crippen LogP contribution in [-0.4, -0.2) is 54.6 Å². The summed E-state index contributed by atoms with van der Waals surface area (Å²) in [7, 11) is 0. The highest BCUT2D eigenvalue weighted by molar-refractivity contribution is 5.74. The highest BCUT2D eigenvalue weighted by atomic mass is 16.2. The number of urea groups is 1. The van der Waals surface area contributed by atoms with Crippen molar-refractivity contribution >= 4 is 6.03 Å². The lowest BCUT2D eigenvalue weighted by Crippen LogP contribution is -2.48. The first-order valence-electron chi connectivity index (χ1n) is 7.35. The quantitative estimate of drug-likeness (QED) is 0.817. The fourth-order valence-electron chi connectivity index (χ4n) is 2.46. The maximum atomic E-state index is 11.8. The van der Waals surface area contributed by atoms with E-state index in [4.69, 9.17) is 0 Å². The number of hydrogen-bond acceptors (Lipinski definition) is 2. The number of nitrogens with one attached hydrogen (secondary N) is 1. The van der Waals surface area contributed by atoms with Gasteiger partial charge in [-0.15, -0.1) is 0 Å². The Morgan fingerprint density at radius 1 is 1.33 bits per heavy atom. The zero-order valence-corrected chi connectivity index (χ0v) is 12.4. The second kappa shape index (κ2) is 7.62. The molecule has 0 radical (unpaired) electrons. The average Bonchev–Trinajstić information content (AvgIpc) is 2.38. The molecule has 0 aliphatic carbocycles. The molecule has 18 heavy (non-hydrogen) atoms. The summed E-state index contributed by atoms with van der Waals surface area (Å²) in [6.45, 7) is 13.2. The van der Waals surface area contributed by atoms with Crippen molar-refractivity contribution < 1.29 is 4.79 Å². The zero-order valence-electron chi connectivity index (χ0n) is 12.4. The molecule has 0 saturated carbocycles. The van der Waals surface area contributed by atoms with Crippen LogP contribution in [0.2, 0.25) is 0 Å². The van der Waals surface area contributed by atoms with E-state index in [1.165, 1.54) is 25.9 Å². The molecule has 4 nitrogen and oxygen atoms in total. The van der Waals surface area contributed by atoms with Crippen LogP contribution in [-0.2, 0) is 0 Å². The summed E-state index contributed by atoms with van der Waals surface area (Å²) in [5, 5.41) is 3.04. The molecule has 0 bridgehead atoms. The molecule has 4 heteroatoms. The molecule has 1 heterocycles. The van der Waals surface area contributed by atoms with Crippen molar-refractivity contribution in [2.24, 2.45) is 5.92 Å². The molecule has 1 atom stereocenters. The largest absolute Gasteiger partial charge is 0.336 e. The molecule has 1 rings (SSSR count). The third-order valence-electron chi connectivity index (χ3n) is 4.04. The maximum Gasteiger partial charge on any atom is 0.317 e. The van der Waals surface area contributed by atoms with E-state index >= 15 is 0 Å². The van der Waals surface area contributed by atoms with Crippen LogP contribution in [0.4, 0.5) is 4.79 Å². The lowest BCUT2D eigenvalue weighted by atomic mass is 9.98. The molecule has 0 spiro atoms. The fourth-order valence-corrected chi connectivity index (χ4v) is 2.46. The van der Waals surface area contributed by atoms with Crippen LogP contribution < -0.4 is 5.32 Å². The van der Waals surface area contributed by atoms with E-state index < -0.39 is 0 Å². The van der Waals surface area contributed by atoms with Crippen molar-refractivity contribution in [3.63, 3.8) is 0 Å². The first-order valence-corrected chi connectivity index (χ1v) is 7.35. The molecule has 1 aliphatic rings. The summed E-state index contributed by atoms with van der Waals surface area (Å²) in [6, 6.07) is 0.509. The molecule has 0 aromatic heterocycles. The lowest BCUT2D eigenvalue weighted by Gasteiger charge is -2.35. The van der Waals surface area contributed by atoms with E-state index in [1.54, 1.807) is 0 Å². The van der Waals surface area contributed by atoms with Crippen molar-refractivity contribution in [3.05, 3.63) is 0 Å². The fraction of sp³-hybridized carbons (Fsp3) is 0.929. The van der Waals surface area contributed by atoms with Gasteiger partial charge in [0.05, 0.1) is 0 Å². The van der Waals surface area contributed by atoms with Gasteiger partial charge < -0.3 is 10.2 Å². The standard InChI is InChI=1S/C14H29N3O/c1-5-16(6-2)14(18)15-11-13(4)17-9-7-12(3)8-10-17/h12-13H,5-11H2,1-4H3,(H,15,18). The lowest BCUT2D eigenvalue weighted by molar-refractivity contribution is 0.142. The summed E-state index contributed by atoms with van der Waals surface area (Å²) in [4.78, 5) is 16.2. The Morgan fingerprint density at radius 3 is 2.39 bits per heavy atom. The van der Waals surface area contributed by atoms with Crippen molar-refractivity contribution in [1.29, 1.82) is 0 Å². The SMILES string of the molecule is CCN(CC)C(=O)NCC(C)N1CCC(C)CC1. The molecule has 1 N–H and O–H groups in total. The van der Waals surface area contributed by atoms with Crippen molar-refractivity contribution in [2.75, 3.05) is 32.7 Å². The molecule has 0 aromatic carbocycles. The van der Waals surface area contributed by atoms with E-state index in [1.807, 2.05) is 18.7 Å². The van der Waals surface area contributed by atoms with Crippen LogP contribution in [0.1, 0.15) is 40.5 Å². The first-order chi connectivity index (χ1) is 8.58. The number of rotatable bonds is 5. The van der Waals surface area contributed by atoms with Gasteiger partial charge in [0.2, 0.25) is 0 Å². The first kappa shape index (κ1) is 15.3. The number of carbonyl (C=O) groups excluding carboxylic acids is 1. The number of carbonyl (C=O) groups is 1. The van der Waals surface area contributed by atoms with Gasteiger partial charge in [-0.3, -0.25) is 4.90 Å². The Balaban J connectivity index is 2.28. The van der Waals surface area contributed by atoms with Gasteiger partial charge in [-0.2, -0.15) is 0 Å². The molecule has 1 aliphatic heterocycles. The van der Waals surface area contributed by atoms with Crippen LogP contribution in [0.15, 0.2) is 0 Å². The Labute approximate surface area is 112 Å². The summed E-state index contributed by atoms with van der Waals surface area (Å²) in [5.41, 5.74) is 0. The second-order valence-electron chi connectivity index (χ2n) is 5.43. The molecule has 2 amide bonds. The summed E-state index contributed by atoms with van der Waals surface area (Å²) < 4.78 is 0. The van der Waals surface area contributed by atoms with Gasteiger partial charge in [-0.1, -0.05) is 6.92 Å². The minimum Gasteiger partial charge on any atom is -0.336 e. The molecular weight excluding hydrogens is 226 g/mol. The molecule has 0 aromatic rings. The van der Waals surface area contributed by atoms with Crippen LogP contribution in [0, 0.1) is 5.92 Å². The van der Waals surface area contributed by atoms with Gasteiger partial charge in [0.1, 0.15) is 0 Å². The number of amides is 2. The second-order valence-corrected chi connectivity index (χ2v) is 5.43. The van der Waals surface area contributed by atoms with E-state index in [2.05, 4.69) is 24.1 Å². The van der Waals surface area contributed by atoms with Gasteiger partial charge in [-0.05, 0) is 52.6 Å².